The molecule has 0 saturated carbocycles. The molecule has 0 spiro atoms. The first-order valence-corrected chi connectivity index (χ1v) is 10.5. The third-order valence-electron chi connectivity index (χ3n) is 4.98. The lowest BCUT2D eigenvalue weighted by Gasteiger charge is -2.20. The average Bonchev–Trinajstić information content (AvgIpc) is 2.80. The van der Waals surface area contributed by atoms with E-state index >= 15 is 0 Å². The van der Waals surface area contributed by atoms with Crippen molar-refractivity contribution < 1.29 is 14.3 Å². The number of urea groups is 1. The Hall–Kier alpha value is -4.12. The van der Waals surface area contributed by atoms with Gasteiger partial charge >= 0.3 is 6.03 Å². The molecule has 0 bridgehead atoms. The third-order valence-corrected chi connectivity index (χ3v) is 4.98. The molecule has 2 aromatic rings. The van der Waals surface area contributed by atoms with E-state index in [9.17, 15) is 9.59 Å². The van der Waals surface area contributed by atoms with Gasteiger partial charge in [0.2, 0.25) is 5.71 Å². The van der Waals surface area contributed by atoms with Crippen molar-refractivity contribution in [3.8, 4) is 17.6 Å². The van der Waals surface area contributed by atoms with Crippen molar-refractivity contribution in [3.63, 3.8) is 0 Å². The Morgan fingerprint density at radius 2 is 1.79 bits per heavy atom. The van der Waals surface area contributed by atoms with Gasteiger partial charge in [-0.05, 0) is 74.2 Å². The first kappa shape index (κ1) is 25.1. The smallest absolute Gasteiger partial charge is 0.342 e. The van der Waals surface area contributed by atoms with Crippen molar-refractivity contribution in [1.29, 1.82) is 5.26 Å². The van der Waals surface area contributed by atoms with Crippen molar-refractivity contribution in [1.82, 2.24) is 5.32 Å². The second kappa shape index (κ2) is 11.5. The van der Waals surface area contributed by atoms with E-state index in [1.807, 2.05) is 44.3 Å². The normalized spacial score (nSPS) is 11.6. The summed E-state index contributed by atoms with van der Waals surface area (Å²) >= 11 is 0. The summed E-state index contributed by atoms with van der Waals surface area (Å²) < 4.78 is 6.10. The predicted octanol–water partition coefficient (Wildman–Crippen LogP) is 5.29. The molecule has 0 aliphatic rings. The molecule has 0 radical (unpaired) electrons. The summed E-state index contributed by atoms with van der Waals surface area (Å²) in [6.07, 6.45) is 2.29. The topological polar surface area (TPSA) is 107 Å². The van der Waals surface area contributed by atoms with Crippen LogP contribution in [0, 0.1) is 31.1 Å². The largest absolute Gasteiger partial charge is 0.457 e. The minimum Gasteiger partial charge on any atom is -0.457 e. The zero-order chi connectivity index (χ0) is 24.5. The summed E-state index contributed by atoms with van der Waals surface area (Å²) in [5, 5.41) is 19.6. The molecule has 0 fully saturated rings. The molecule has 0 aliphatic carbocycles. The lowest BCUT2D eigenvalue weighted by molar-refractivity contribution is -0.102. The molecule has 2 rings (SSSR count). The van der Waals surface area contributed by atoms with E-state index in [0.29, 0.717) is 29.4 Å². The van der Waals surface area contributed by atoms with Crippen LogP contribution in [-0.2, 0) is 4.79 Å². The number of hydrogen-bond donors (Lipinski definition) is 2. The number of amides is 2. The number of benzene rings is 2. The van der Waals surface area contributed by atoms with Gasteiger partial charge in [0.25, 0.3) is 0 Å². The highest BCUT2D eigenvalue weighted by Gasteiger charge is 2.18. The number of carbonyl (C=O) groups excluding carboxylic acids is 2. The number of aldehydes is 1. The van der Waals surface area contributed by atoms with E-state index in [-0.39, 0.29) is 0 Å². The fourth-order valence-corrected chi connectivity index (χ4v) is 2.82. The van der Waals surface area contributed by atoms with Gasteiger partial charge in [-0.25, -0.2) is 4.79 Å². The molecule has 172 valence electrons. The second-order valence-electron chi connectivity index (χ2n) is 7.80. The number of nitrogens with one attached hydrogen (secondary N) is 2. The number of allylic oxidation sites excluding steroid dienone is 1. The molecular formula is C25H29N5O3. The maximum Gasteiger partial charge on any atom is 0.342 e. The summed E-state index contributed by atoms with van der Waals surface area (Å²) in [5.74, 6) is 1.79. The number of hydrogen-bond acceptors (Lipinski definition) is 6. The molecule has 0 aromatic heterocycles. The highest BCUT2D eigenvalue weighted by molar-refractivity contribution is 6.36. The Balaban J connectivity index is 2.29. The molecule has 8 heteroatoms. The van der Waals surface area contributed by atoms with Gasteiger partial charge in [0.1, 0.15) is 17.6 Å². The number of nitrogens with zero attached hydrogens (tertiary/aromatic N) is 3. The number of hydrazone groups is 1. The summed E-state index contributed by atoms with van der Waals surface area (Å²) in [4.78, 5) is 23.3. The van der Waals surface area contributed by atoms with Crippen LogP contribution in [0.1, 0.15) is 31.9 Å². The van der Waals surface area contributed by atoms with Gasteiger partial charge in [-0.15, -0.1) is 5.10 Å². The molecule has 2 amide bonds. The summed E-state index contributed by atoms with van der Waals surface area (Å²) in [7, 11) is 1.44. The Morgan fingerprint density at radius 1 is 1.18 bits per heavy atom. The lowest BCUT2D eigenvalue weighted by atomic mass is 10.1. The predicted molar refractivity (Wildman–Crippen MR) is 131 cm³/mol. The summed E-state index contributed by atoms with van der Waals surface area (Å²) in [5.41, 5.74) is 3.72. The van der Waals surface area contributed by atoms with E-state index in [4.69, 9.17) is 10.00 Å². The van der Waals surface area contributed by atoms with Gasteiger partial charge in [0, 0.05) is 18.9 Å². The van der Waals surface area contributed by atoms with Crippen LogP contribution in [0.2, 0.25) is 0 Å². The van der Waals surface area contributed by atoms with Crippen LogP contribution in [0.4, 0.5) is 16.2 Å². The minimum absolute atomic E-state index is 0.297. The van der Waals surface area contributed by atoms with Gasteiger partial charge in [-0.3, -0.25) is 4.79 Å². The van der Waals surface area contributed by atoms with E-state index in [1.165, 1.54) is 12.6 Å². The quantitative estimate of drug-likeness (QED) is 0.325. The van der Waals surface area contributed by atoms with Crippen LogP contribution < -0.4 is 20.4 Å². The number of ether oxygens (including phenoxy) is 1. The molecule has 2 aromatic carbocycles. The van der Waals surface area contributed by atoms with Gasteiger partial charge < -0.3 is 15.4 Å². The molecular weight excluding hydrogens is 418 g/mol. The first-order chi connectivity index (χ1) is 15.7. The fraction of sp³-hybridized carbons (Fsp3) is 0.280. The molecule has 0 atom stereocenters. The number of rotatable bonds is 8. The van der Waals surface area contributed by atoms with Crippen LogP contribution in [0.25, 0.3) is 0 Å². The summed E-state index contributed by atoms with van der Waals surface area (Å²) in [6, 6.07) is 12.1. The van der Waals surface area contributed by atoms with Crippen LogP contribution in [0.15, 0.2) is 53.3 Å². The molecule has 2 N–H and O–H groups in total. The molecule has 0 unspecified atom stereocenters. The van der Waals surface area contributed by atoms with Crippen LogP contribution in [0.5, 0.6) is 11.5 Å². The molecule has 0 heterocycles. The first-order valence-electron chi connectivity index (χ1n) is 10.5. The van der Waals surface area contributed by atoms with Crippen LogP contribution >= 0.6 is 0 Å². The minimum atomic E-state index is -0.582. The van der Waals surface area contributed by atoms with Crippen molar-refractivity contribution in [2.24, 2.45) is 11.0 Å². The van der Waals surface area contributed by atoms with E-state index < -0.39 is 11.7 Å². The van der Waals surface area contributed by atoms with E-state index in [2.05, 4.69) is 36.5 Å². The zero-order valence-corrected chi connectivity index (χ0v) is 19.8. The number of aryl methyl sites for hydroxylation is 2. The van der Waals surface area contributed by atoms with Gasteiger partial charge in [0.15, 0.2) is 6.29 Å². The molecule has 0 aliphatic heterocycles. The second-order valence-corrected chi connectivity index (χ2v) is 7.80. The van der Waals surface area contributed by atoms with Gasteiger partial charge in [-0.2, -0.15) is 10.3 Å². The lowest BCUT2D eigenvalue weighted by Crippen LogP contribution is -2.35. The Kier molecular flexibility index (Phi) is 8.75. The summed E-state index contributed by atoms with van der Waals surface area (Å²) in [6.45, 7) is 10.1. The SMILES string of the molecule is CNC(=O)N(/N=C(/C#N)C=O)c1cc(C)c(Oc2ccc(N/C=C(\C)C(C)C)cc2)c(C)c1. The fourth-order valence-electron chi connectivity index (χ4n) is 2.82. The number of anilines is 2. The maximum atomic E-state index is 12.3. The van der Waals surface area contributed by atoms with E-state index in [1.54, 1.807) is 18.2 Å². The zero-order valence-electron chi connectivity index (χ0n) is 19.8. The van der Waals surface area contributed by atoms with Crippen LogP contribution in [-0.4, -0.2) is 25.1 Å². The van der Waals surface area contributed by atoms with Crippen molar-refractivity contribution in [3.05, 3.63) is 59.3 Å². The van der Waals surface area contributed by atoms with Crippen molar-refractivity contribution in [2.75, 3.05) is 17.4 Å². The van der Waals surface area contributed by atoms with Crippen molar-refractivity contribution >= 4 is 29.4 Å². The van der Waals surface area contributed by atoms with Gasteiger partial charge in [-0.1, -0.05) is 19.4 Å². The third kappa shape index (κ3) is 6.68. The van der Waals surface area contributed by atoms with Crippen molar-refractivity contribution in [2.45, 2.75) is 34.6 Å². The molecule has 8 nitrogen and oxygen atoms in total. The Labute approximate surface area is 194 Å². The number of carbonyl (C=O) groups is 2. The molecule has 0 saturated heterocycles. The monoisotopic (exact) mass is 447 g/mol. The van der Waals surface area contributed by atoms with Gasteiger partial charge in [0.05, 0.1) is 5.69 Å². The molecule has 33 heavy (non-hydrogen) atoms. The standard InChI is InChI=1S/C25H29N5O3/c1-16(2)19(5)14-28-20-7-9-23(10-8-20)33-24-17(3)11-22(12-18(24)4)30(25(32)27-6)29-21(13-26)15-31/h7-12,14-16,28H,1-6H3,(H,27,32)/b19-14+,29-21-. The number of nitriles is 1. The average molecular weight is 448 g/mol. The highest BCUT2D eigenvalue weighted by atomic mass is 16.5. The Morgan fingerprint density at radius 3 is 2.27 bits per heavy atom. The Bertz CT molecular complexity index is 1090. The maximum absolute atomic E-state index is 12.3. The highest BCUT2D eigenvalue weighted by Crippen LogP contribution is 2.33. The van der Waals surface area contributed by atoms with E-state index in [0.717, 1.165) is 21.8 Å². The van der Waals surface area contributed by atoms with Crippen LogP contribution in [0.3, 0.4) is 0 Å².